The normalized spacial score (nSPS) is 17.8. The minimum atomic E-state index is -0.470. The number of hydrogen-bond donors (Lipinski definition) is 1. The molecule has 0 aliphatic carbocycles. The van der Waals surface area contributed by atoms with Gasteiger partial charge in [-0.2, -0.15) is 5.10 Å². The van der Waals surface area contributed by atoms with Crippen LogP contribution in [0, 0.1) is 5.82 Å². The van der Waals surface area contributed by atoms with E-state index in [0.29, 0.717) is 30.4 Å². The van der Waals surface area contributed by atoms with Gasteiger partial charge in [-0.15, -0.1) is 0 Å². The molecular weight excluding hydrogens is 537 g/mol. The number of benzene rings is 1. The summed E-state index contributed by atoms with van der Waals surface area (Å²) >= 11 is 0. The molecule has 1 amide bonds. The van der Waals surface area contributed by atoms with Gasteiger partial charge in [-0.3, -0.25) is 4.79 Å². The predicted molar refractivity (Wildman–Crippen MR) is 158 cm³/mol. The number of nitrogens with zero attached hydrogens (tertiary/aromatic N) is 6. The standard InChI is InChI=1S/C31H34FN7O3/c1-3-29(40)37-14-9-21(10-15-37)25-11-16-39-30(25)31(34-20-35-39)36-27-7-6-22(17-26(27)32)42-23-8-12-33-28(18-23)38-13-4-5-24(19-38)41-2/h3,6-8,11-12,16-18,20-21,24H,1,4-5,9-10,13-15,19H2,2H3,(H,34,35,36). The molecule has 1 atom stereocenters. The van der Waals surface area contributed by atoms with Gasteiger partial charge in [0.1, 0.15) is 35.0 Å². The van der Waals surface area contributed by atoms with E-state index in [4.69, 9.17) is 9.47 Å². The van der Waals surface area contributed by atoms with E-state index in [2.05, 4.69) is 31.9 Å². The third-order valence-electron chi connectivity index (χ3n) is 8.09. The van der Waals surface area contributed by atoms with Gasteiger partial charge in [0.2, 0.25) is 5.91 Å². The highest BCUT2D eigenvalue weighted by Crippen LogP contribution is 2.35. The molecule has 5 heterocycles. The minimum absolute atomic E-state index is 0.0460. The molecule has 1 aromatic carbocycles. The molecule has 2 aliphatic rings. The van der Waals surface area contributed by atoms with Crippen LogP contribution >= 0.6 is 0 Å². The average Bonchev–Trinajstić information content (AvgIpc) is 3.47. The van der Waals surface area contributed by atoms with Crippen LogP contribution in [-0.4, -0.2) is 69.8 Å². The zero-order chi connectivity index (χ0) is 29.1. The molecule has 0 spiro atoms. The predicted octanol–water partition coefficient (Wildman–Crippen LogP) is 5.31. The molecule has 0 bridgehead atoms. The summed E-state index contributed by atoms with van der Waals surface area (Å²) in [6.45, 7) is 6.58. The Labute approximate surface area is 243 Å². The molecule has 11 heteroatoms. The summed E-state index contributed by atoms with van der Waals surface area (Å²) in [5.41, 5.74) is 2.14. The largest absolute Gasteiger partial charge is 0.457 e. The molecule has 1 N–H and O–H groups in total. The highest BCUT2D eigenvalue weighted by atomic mass is 19.1. The van der Waals surface area contributed by atoms with Crippen LogP contribution in [0.2, 0.25) is 0 Å². The van der Waals surface area contributed by atoms with Crippen molar-refractivity contribution in [2.75, 3.05) is 43.5 Å². The number of ether oxygens (including phenoxy) is 2. The van der Waals surface area contributed by atoms with E-state index in [0.717, 1.165) is 55.7 Å². The second kappa shape index (κ2) is 12.2. The third kappa shape index (κ3) is 5.78. The zero-order valence-corrected chi connectivity index (χ0v) is 23.6. The van der Waals surface area contributed by atoms with E-state index in [1.54, 1.807) is 36.0 Å². The van der Waals surface area contributed by atoms with E-state index in [1.165, 1.54) is 18.5 Å². The molecule has 1 unspecified atom stereocenters. The Morgan fingerprint density at radius 3 is 2.71 bits per heavy atom. The molecule has 2 saturated heterocycles. The zero-order valence-electron chi connectivity index (χ0n) is 23.6. The number of fused-ring (bicyclic) bond motifs is 1. The number of aromatic nitrogens is 4. The lowest BCUT2D eigenvalue weighted by Gasteiger charge is -2.32. The number of amides is 1. The smallest absolute Gasteiger partial charge is 0.245 e. The van der Waals surface area contributed by atoms with Crippen LogP contribution in [0.3, 0.4) is 0 Å². The second-order valence-corrected chi connectivity index (χ2v) is 10.6. The first kappa shape index (κ1) is 27.6. The van der Waals surface area contributed by atoms with Crippen LogP contribution in [-0.2, 0) is 9.53 Å². The van der Waals surface area contributed by atoms with Gasteiger partial charge in [-0.25, -0.2) is 18.9 Å². The Morgan fingerprint density at radius 2 is 1.93 bits per heavy atom. The van der Waals surface area contributed by atoms with Crippen molar-refractivity contribution >= 4 is 28.7 Å². The van der Waals surface area contributed by atoms with Crippen LogP contribution in [0.5, 0.6) is 11.5 Å². The van der Waals surface area contributed by atoms with Crippen molar-refractivity contribution in [2.45, 2.75) is 37.7 Å². The number of carbonyl (C=O) groups is 1. The number of carbonyl (C=O) groups excluding carboxylic acids is 1. The van der Waals surface area contributed by atoms with Crippen LogP contribution in [0.1, 0.15) is 37.2 Å². The van der Waals surface area contributed by atoms with Gasteiger partial charge in [-0.05, 0) is 67.5 Å². The first-order valence-electron chi connectivity index (χ1n) is 14.2. The maximum absolute atomic E-state index is 15.4. The maximum Gasteiger partial charge on any atom is 0.245 e. The molecule has 0 saturated carbocycles. The molecule has 218 valence electrons. The fourth-order valence-corrected chi connectivity index (χ4v) is 5.84. The summed E-state index contributed by atoms with van der Waals surface area (Å²) in [6.07, 6.45) is 10.3. The SMILES string of the molecule is C=CC(=O)N1CCC(c2ccn3ncnc(Nc4ccc(Oc5ccnc(N6CCCC(OC)C6)c5)cc4F)c23)CC1. The van der Waals surface area contributed by atoms with E-state index < -0.39 is 5.82 Å². The van der Waals surface area contributed by atoms with Crippen molar-refractivity contribution in [3.8, 4) is 11.5 Å². The Hall–Kier alpha value is -4.51. The van der Waals surface area contributed by atoms with Crippen LogP contribution in [0.25, 0.3) is 5.52 Å². The highest BCUT2D eigenvalue weighted by molar-refractivity contribution is 5.87. The van der Waals surface area contributed by atoms with Gasteiger partial charge in [-0.1, -0.05) is 6.58 Å². The lowest BCUT2D eigenvalue weighted by molar-refractivity contribution is -0.127. The molecule has 2 fully saturated rings. The van der Waals surface area contributed by atoms with Crippen molar-refractivity contribution < 1.29 is 18.7 Å². The molecule has 4 aromatic rings. The Kier molecular flexibility index (Phi) is 8.00. The number of rotatable bonds is 8. The van der Waals surface area contributed by atoms with Gasteiger partial charge in [0, 0.05) is 57.8 Å². The Balaban J connectivity index is 1.17. The molecule has 42 heavy (non-hydrogen) atoms. The Morgan fingerprint density at radius 1 is 1.10 bits per heavy atom. The highest BCUT2D eigenvalue weighted by Gasteiger charge is 2.26. The number of likely N-dealkylation sites (tertiary alicyclic amines) is 1. The number of halogens is 1. The summed E-state index contributed by atoms with van der Waals surface area (Å²) in [6, 6.07) is 10.4. The van der Waals surface area contributed by atoms with E-state index in [-0.39, 0.29) is 23.6 Å². The number of piperidine rings is 2. The second-order valence-electron chi connectivity index (χ2n) is 10.6. The first-order valence-corrected chi connectivity index (χ1v) is 14.2. The van der Waals surface area contributed by atoms with Gasteiger partial charge in [0.15, 0.2) is 5.82 Å². The topological polar surface area (TPSA) is 97.1 Å². The lowest BCUT2D eigenvalue weighted by atomic mass is 9.90. The monoisotopic (exact) mass is 571 g/mol. The first-order chi connectivity index (χ1) is 20.5. The summed E-state index contributed by atoms with van der Waals surface area (Å²) < 4.78 is 28.6. The van der Waals surface area contributed by atoms with Gasteiger partial charge in [0.05, 0.1) is 11.8 Å². The van der Waals surface area contributed by atoms with Gasteiger partial charge < -0.3 is 24.6 Å². The maximum atomic E-state index is 15.4. The molecular formula is C31H34FN7O3. The van der Waals surface area contributed by atoms with Gasteiger partial charge >= 0.3 is 0 Å². The minimum Gasteiger partial charge on any atom is -0.457 e. The summed E-state index contributed by atoms with van der Waals surface area (Å²) in [5.74, 6) is 1.99. The van der Waals surface area contributed by atoms with Crippen molar-refractivity contribution in [1.82, 2.24) is 24.5 Å². The molecule has 0 radical (unpaired) electrons. The molecule has 6 rings (SSSR count). The van der Waals surface area contributed by atoms with Crippen molar-refractivity contribution in [3.05, 3.63) is 79.2 Å². The molecule has 3 aromatic heterocycles. The van der Waals surface area contributed by atoms with E-state index >= 15 is 4.39 Å². The van der Waals surface area contributed by atoms with Crippen molar-refractivity contribution in [1.29, 1.82) is 0 Å². The fraction of sp³-hybridized carbons (Fsp3) is 0.355. The van der Waals surface area contributed by atoms with Crippen LogP contribution in [0.4, 0.5) is 21.7 Å². The summed E-state index contributed by atoms with van der Waals surface area (Å²) in [4.78, 5) is 24.9. The number of pyridine rings is 1. The summed E-state index contributed by atoms with van der Waals surface area (Å²) in [7, 11) is 1.73. The molecule has 10 nitrogen and oxygen atoms in total. The van der Waals surface area contributed by atoms with Crippen LogP contribution in [0.15, 0.2) is 67.8 Å². The fourth-order valence-electron chi connectivity index (χ4n) is 5.84. The Bertz CT molecular complexity index is 1580. The van der Waals surface area contributed by atoms with Crippen LogP contribution < -0.4 is 15.0 Å². The number of hydrogen-bond acceptors (Lipinski definition) is 8. The summed E-state index contributed by atoms with van der Waals surface area (Å²) in [5, 5.41) is 7.51. The lowest BCUT2D eigenvalue weighted by Crippen LogP contribution is -2.39. The number of nitrogens with one attached hydrogen (secondary N) is 1. The van der Waals surface area contributed by atoms with Crippen molar-refractivity contribution in [2.24, 2.45) is 0 Å². The quantitative estimate of drug-likeness (QED) is 0.285. The van der Waals surface area contributed by atoms with Crippen molar-refractivity contribution in [3.63, 3.8) is 0 Å². The number of methoxy groups -OCH3 is 1. The molecule has 2 aliphatic heterocycles. The average molecular weight is 572 g/mol. The third-order valence-corrected chi connectivity index (χ3v) is 8.09. The number of anilines is 3. The van der Waals surface area contributed by atoms with Gasteiger partial charge in [0.25, 0.3) is 0 Å². The van der Waals surface area contributed by atoms with E-state index in [1.807, 2.05) is 23.2 Å². The van der Waals surface area contributed by atoms with E-state index in [9.17, 15) is 4.79 Å².